The molecule has 0 fully saturated rings. The number of ether oxygens (including phenoxy) is 2. The minimum atomic E-state index is 0.492. The summed E-state index contributed by atoms with van der Waals surface area (Å²) in [5, 5.41) is 0. The Kier molecular flexibility index (Phi) is 3.38. The highest BCUT2D eigenvalue weighted by molar-refractivity contribution is 5.71. The van der Waals surface area contributed by atoms with E-state index >= 15 is 0 Å². The normalized spacial score (nSPS) is 10.2. The van der Waals surface area contributed by atoms with Crippen molar-refractivity contribution < 1.29 is 9.47 Å². The smallest absolute Gasteiger partial charge is 0.215 e. The van der Waals surface area contributed by atoms with E-state index in [0.29, 0.717) is 5.95 Å². The Balaban J connectivity index is 2.54. The van der Waals surface area contributed by atoms with Gasteiger partial charge in [0.2, 0.25) is 5.95 Å². The monoisotopic (exact) mass is 248 g/mol. The highest BCUT2D eigenvalue weighted by Gasteiger charge is 2.12. The average Bonchev–Trinajstić information content (AvgIpc) is 2.87. The molecule has 0 spiro atoms. The van der Waals surface area contributed by atoms with Gasteiger partial charge in [0.15, 0.2) is 0 Å². The number of hydrogen-bond acceptors (Lipinski definition) is 5. The van der Waals surface area contributed by atoms with Crippen molar-refractivity contribution in [1.29, 1.82) is 0 Å². The summed E-state index contributed by atoms with van der Waals surface area (Å²) in [5.41, 5.74) is 5.14. The van der Waals surface area contributed by atoms with E-state index in [2.05, 4.69) is 15.4 Å². The Hall–Kier alpha value is -2.21. The van der Waals surface area contributed by atoms with Crippen molar-refractivity contribution in [2.45, 2.75) is 6.92 Å². The van der Waals surface area contributed by atoms with Crippen LogP contribution in [0.3, 0.4) is 0 Å². The number of nitrogens with one attached hydrogen (secondary N) is 2. The van der Waals surface area contributed by atoms with Gasteiger partial charge in [-0.2, -0.15) is 0 Å². The van der Waals surface area contributed by atoms with E-state index in [1.807, 2.05) is 19.1 Å². The fourth-order valence-electron chi connectivity index (χ4n) is 1.79. The molecular formula is C12H16N4O2. The maximum Gasteiger partial charge on any atom is 0.215 e. The molecule has 6 nitrogen and oxygen atoms in total. The van der Waals surface area contributed by atoms with Crippen LogP contribution in [0, 0.1) is 6.92 Å². The van der Waals surface area contributed by atoms with Crippen LogP contribution in [-0.2, 0) is 0 Å². The molecule has 0 aliphatic rings. The van der Waals surface area contributed by atoms with Crippen molar-refractivity contribution in [3.63, 3.8) is 0 Å². The van der Waals surface area contributed by atoms with Crippen LogP contribution in [0.2, 0.25) is 0 Å². The molecule has 18 heavy (non-hydrogen) atoms. The van der Waals surface area contributed by atoms with Gasteiger partial charge in [0.05, 0.1) is 26.1 Å². The fraction of sp³-hybridized carbons (Fsp3) is 0.250. The quantitative estimate of drug-likeness (QED) is 0.566. The summed E-state index contributed by atoms with van der Waals surface area (Å²) in [6.07, 6.45) is 1.68. The van der Waals surface area contributed by atoms with Gasteiger partial charge >= 0.3 is 0 Å². The number of aromatic amines is 1. The second-order valence-corrected chi connectivity index (χ2v) is 3.81. The Labute approximate surface area is 105 Å². The zero-order valence-corrected chi connectivity index (χ0v) is 10.6. The standard InChI is InChI=1S/C12H16N4O2/c1-7-4-11(18-3)8(5-10(7)17-2)9-6-14-12(15-9)16-13/h4-6H,13H2,1-3H3,(H2,14,15,16). The maximum absolute atomic E-state index is 5.37. The number of methoxy groups -OCH3 is 2. The van der Waals surface area contributed by atoms with Crippen molar-refractivity contribution in [3.05, 3.63) is 23.9 Å². The second kappa shape index (κ2) is 4.97. The van der Waals surface area contributed by atoms with Gasteiger partial charge in [0.1, 0.15) is 11.5 Å². The van der Waals surface area contributed by atoms with E-state index in [9.17, 15) is 0 Å². The number of rotatable bonds is 4. The lowest BCUT2D eigenvalue weighted by Gasteiger charge is -2.11. The molecule has 0 unspecified atom stereocenters. The van der Waals surface area contributed by atoms with Crippen LogP contribution in [0.4, 0.5) is 5.95 Å². The van der Waals surface area contributed by atoms with E-state index in [1.54, 1.807) is 20.4 Å². The van der Waals surface area contributed by atoms with Gasteiger partial charge in [-0.05, 0) is 24.6 Å². The Morgan fingerprint density at radius 1 is 1.22 bits per heavy atom. The topological polar surface area (TPSA) is 85.2 Å². The molecule has 0 saturated heterocycles. The van der Waals surface area contributed by atoms with Crippen LogP contribution in [0.5, 0.6) is 11.5 Å². The number of nitrogens with two attached hydrogens (primary N) is 1. The first kappa shape index (κ1) is 12.3. The number of aryl methyl sites for hydroxylation is 1. The lowest BCUT2D eigenvalue weighted by molar-refractivity contribution is 0.401. The largest absolute Gasteiger partial charge is 0.496 e. The molecule has 0 radical (unpaired) electrons. The third kappa shape index (κ3) is 2.10. The van der Waals surface area contributed by atoms with Crippen LogP contribution in [0.1, 0.15) is 5.56 Å². The molecule has 0 aliphatic heterocycles. The van der Waals surface area contributed by atoms with Gasteiger partial charge in [0, 0.05) is 5.56 Å². The molecule has 1 heterocycles. The Morgan fingerprint density at radius 3 is 2.50 bits per heavy atom. The zero-order chi connectivity index (χ0) is 13.1. The number of imidazole rings is 1. The highest BCUT2D eigenvalue weighted by Crippen LogP contribution is 2.35. The minimum absolute atomic E-state index is 0.492. The molecule has 96 valence electrons. The minimum Gasteiger partial charge on any atom is -0.496 e. The lowest BCUT2D eigenvalue weighted by Crippen LogP contribution is -2.07. The van der Waals surface area contributed by atoms with Crippen molar-refractivity contribution in [1.82, 2.24) is 9.97 Å². The van der Waals surface area contributed by atoms with Gasteiger partial charge in [-0.25, -0.2) is 10.8 Å². The summed E-state index contributed by atoms with van der Waals surface area (Å²) in [6, 6.07) is 3.83. The number of anilines is 1. The summed E-state index contributed by atoms with van der Waals surface area (Å²) in [7, 11) is 3.27. The molecular weight excluding hydrogens is 232 g/mol. The first-order valence-corrected chi connectivity index (χ1v) is 5.44. The van der Waals surface area contributed by atoms with E-state index in [-0.39, 0.29) is 0 Å². The number of nitrogen functional groups attached to an aromatic ring is 1. The molecule has 1 aromatic carbocycles. The molecule has 2 rings (SSSR count). The zero-order valence-electron chi connectivity index (χ0n) is 10.6. The highest BCUT2D eigenvalue weighted by atomic mass is 16.5. The number of hydrazine groups is 1. The first-order valence-electron chi connectivity index (χ1n) is 5.44. The van der Waals surface area contributed by atoms with Crippen LogP contribution >= 0.6 is 0 Å². The van der Waals surface area contributed by atoms with Crippen LogP contribution in [0.25, 0.3) is 11.3 Å². The molecule has 0 aliphatic carbocycles. The van der Waals surface area contributed by atoms with Gasteiger partial charge in [0.25, 0.3) is 0 Å². The molecule has 6 heteroatoms. The van der Waals surface area contributed by atoms with Gasteiger partial charge in [-0.1, -0.05) is 0 Å². The average molecular weight is 248 g/mol. The van der Waals surface area contributed by atoms with Crippen molar-refractivity contribution in [3.8, 4) is 22.8 Å². The first-order chi connectivity index (χ1) is 8.69. The molecule has 0 saturated carbocycles. The van der Waals surface area contributed by atoms with E-state index < -0.39 is 0 Å². The third-order valence-corrected chi connectivity index (χ3v) is 2.72. The summed E-state index contributed by atoms with van der Waals surface area (Å²) in [4.78, 5) is 7.12. The molecule has 0 atom stereocenters. The molecule has 0 bridgehead atoms. The molecule has 0 amide bonds. The van der Waals surface area contributed by atoms with Gasteiger partial charge in [-0.3, -0.25) is 5.43 Å². The van der Waals surface area contributed by atoms with E-state index in [4.69, 9.17) is 15.3 Å². The predicted octanol–water partition coefficient (Wildman–Crippen LogP) is 1.69. The second-order valence-electron chi connectivity index (χ2n) is 3.81. The van der Waals surface area contributed by atoms with Crippen LogP contribution in [-0.4, -0.2) is 24.2 Å². The van der Waals surface area contributed by atoms with Crippen molar-refractivity contribution in [2.24, 2.45) is 5.84 Å². The number of nitrogens with zero attached hydrogens (tertiary/aromatic N) is 1. The third-order valence-electron chi connectivity index (χ3n) is 2.72. The number of hydrogen-bond donors (Lipinski definition) is 3. The van der Waals surface area contributed by atoms with Crippen molar-refractivity contribution in [2.75, 3.05) is 19.6 Å². The van der Waals surface area contributed by atoms with Gasteiger partial charge < -0.3 is 14.5 Å². The van der Waals surface area contributed by atoms with E-state index in [1.165, 1.54) is 0 Å². The summed E-state index contributed by atoms with van der Waals surface area (Å²) in [5.74, 6) is 7.33. The van der Waals surface area contributed by atoms with Crippen LogP contribution in [0.15, 0.2) is 18.3 Å². The fourth-order valence-corrected chi connectivity index (χ4v) is 1.79. The number of benzene rings is 1. The molecule has 2 aromatic rings. The van der Waals surface area contributed by atoms with Crippen molar-refractivity contribution >= 4 is 5.95 Å². The predicted molar refractivity (Wildman–Crippen MR) is 69.7 cm³/mol. The Bertz CT molecular complexity index is 551. The Morgan fingerprint density at radius 2 is 1.94 bits per heavy atom. The van der Waals surface area contributed by atoms with Crippen LogP contribution < -0.4 is 20.7 Å². The number of H-pyrrole nitrogens is 1. The summed E-state index contributed by atoms with van der Waals surface area (Å²) >= 11 is 0. The summed E-state index contributed by atoms with van der Waals surface area (Å²) in [6.45, 7) is 1.96. The lowest BCUT2D eigenvalue weighted by atomic mass is 10.1. The molecule has 4 N–H and O–H groups in total. The van der Waals surface area contributed by atoms with E-state index in [0.717, 1.165) is 28.3 Å². The number of aromatic nitrogens is 2. The molecule has 1 aromatic heterocycles. The summed E-state index contributed by atoms with van der Waals surface area (Å²) < 4.78 is 10.7. The SMILES string of the molecule is COc1cc(-c2cnc(NN)[nH]2)c(OC)cc1C. The maximum atomic E-state index is 5.37. The van der Waals surface area contributed by atoms with Gasteiger partial charge in [-0.15, -0.1) is 0 Å².